The van der Waals surface area contributed by atoms with Crippen LogP contribution in [-0.4, -0.2) is 23.7 Å². The van der Waals surface area contributed by atoms with Crippen LogP contribution in [-0.2, 0) is 24.0 Å². The van der Waals surface area contributed by atoms with Crippen LogP contribution in [0.15, 0.2) is 0 Å². The summed E-state index contributed by atoms with van der Waals surface area (Å²) in [6.45, 7) is 3.14. The maximum Gasteiger partial charge on any atom is 0.106 e. The van der Waals surface area contributed by atoms with Gasteiger partial charge < -0.3 is 9.72 Å². The van der Waals surface area contributed by atoms with Crippen molar-refractivity contribution in [2.45, 2.75) is 39.0 Å². The van der Waals surface area contributed by atoms with Gasteiger partial charge >= 0.3 is 0 Å². The average molecular weight is 208 g/mol. The van der Waals surface area contributed by atoms with Crippen molar-refractivity contribution in [1.29, 1.82) is 0 Å². The second kappa shape index (κ2) is 4.79. The Kier molecular flexibility index (Phi) is 3.41. The maximum atomic E-state index is 5.04. The number of fused-ring (bicyclic) bond motifs is 1. The third-order valence-corrected chi connectivity index (χ3v) is 3.10. The summed E-state index contributed by atoms with van der Waals surface area (Å²) in [7, 11) is 1.74. The number of nitrogens with zero attached hydrogens (tertiary/aromatic N) is 1. The van der Waals surface area contributed by atoms with Gasteiger partial charge in [-0.15, -0.1) is 0 Å². The molecule has 84 valence electrons. The number of aromatic nitrogens is 2. The van der Waals surface area contributed by atoms with Gasteiger partial charge in [0.05, 0.1) is 5.69 Å². The molecule has 1 aromatic heterocycles. The van der Waals surface area contributed by atoms with Gasteiger partial charge in [0.25, 0.3) is 0 Å². The highest BCUT2D eigenvalue weighted by Gasteiger charge is 2.18. The molecule has 1 aliphatic rings. The molecule has 2 rings (SSSR count). The Morgan fingerprint density at radius 1 is 1.53 bits per heavy atom. The lowest BCUT2D eigenvalue weighted by Gasteiger charge is -2.15. The van der Waals surface area contributed by atoms with E-state index in [1.165, 1.54) is 24.2 Å². The van der Waals surface area contributed by atoms with E-state index in [9.17, 15) is 0 Å². The Hall–Kier alpha value is -0.830. The number of ether oxygens (including phenoxy) is 1. The zero-order chi connectivity index (χ0) is 10.7. The average Bonchev–Trinajstić information content (AvgIpc) is 2.60. The quantitative estimate of drug-likeness (QED) is 0.770. The molecule has 0 spiro atoms. The van der Waals surface area contributed by atoms with Gasteiger partial charge in [0.15, 0.2) is 0 Å². The van der Waals surface area contributed by atoms with Crippen molar-refractivity contribution < 1.29 is 4.74 Å². The largest absolute Gasteiger partial charge is 0.385 e. The highest BCUT2D eigenvalue weighted by molar-refractivity contribution is 5.18. The first kappa shape index (κ1) is 10.7. The van der Waals surface area contributed by atoms with E-state index in [1.807, 2.05) is 0 Å². The van der Waals surface area contributed by atoms with Crippen LogP contribution in [0, 0.1) is 5.92 Å². The number of aromatic amines is 1. The lowest BCUT2D eigenvalue weighted by molar-refractivity contribution is 0.194. The number of H-pyrrole nitrogens is 1. The molecule has 3 heteroatoms. The van der Waals surface area contributed by atoms with E-state index in [1.54, 1.807) is 7.11 Å². The molecule has 0 aromatic carbocycles. The fourth-order valence-corrected chi connectivity index (χ4v) is 2.22. The van der Waals surface area contributed by atoms with E-state index in [-0.39, 0.29) is 0 Å². The van der Waals surface area contributed by atoms with Crippen molar-refractivity contribution >= 4 is 0 Å². The number of nitrogens with one attached hydrogen (secondary N) is 1. The van der Waals surface area contributed by atoms with E-state index in [2.05, 4.69) is 16.9 Å². The Balaban J connectivity index is 1.96. The minimum absolute atomic E-state index is 0.810. The second-order valence-electron chi connectivity index (χ2n) is 4.55. The highest BCUT2D eigenvalue weighted by Crippen LogP contribution is 2.23. The lowest BCUT2D eigenvalue weighted by Crippen LogP contribution is -2.10. The fourth-order valence-electron chi connectivity index (χ4n) is 2.22. The summed E-state index contributed by atoms with van der Waals surface area (Å²) >= 11 is 0. The third kappa shape index (κ3) is 2.59. The number of aryl methyl sites for hydroxylation is 2. The van der Waals surface area contributed by atoms with E-state index < -0.39 is 0 Å². The zero-order valence-corrected chi connectivity index (χ0v) is 9.68. The summed E-state index contributed by atoms with van der Waals surface area (Å²) in [5, 5.41) is 0. The highest BCUT2D eigenvalue weighted by atomic mass is 16.5. The van der Waals surface area contributed by atoms with Gasteiger partial charge in [0.2, 0.25) is 0 Å². The molecule has 0 saturated carbocycles. The van der Waals surface area contributed by atoms with E-state index >= 15 is 0 Å². The van der Waals surface area contributed by atoms with Gasteiger partial charge in [-0.3, -0.25) is 0 Å². The van der Waals surface area contributed by atoms with Crippen LogP contribution in [0.25, 0.3) is 0 Å². The summed E-state index contributed by atoms with van der Waals surface area (Å²) in [5.74, 6) is 1.95. The second-order valence-corrected chi connectivity index (χ2v) is 4.55. The molecule has 0 radical (unpaired) electrons. The van der Waals surface area contributed by atoms with E-state index in [0.29, 0.717) is 0 Å². The van der Waals surface area contributed by atoms with Gasteiger partial charge in [-0.25, -0.2) is 4.98 Å². The van der Waals surface area contributed by atoms with Crippen LogP contribution in [0.4, 0.5) is 0 Å². The van der Waals surface area contributed by atoms with Crippen molar-refractivity contribution in [3.63, 3.8) is 0 Å². The van der Waals surface area contributed by atoms with Gasteiger partial charge in [0.1, 0.15) is 5.82 Å². The minimum atomic E-state index is 0.810. The minimum Gasteiger partial charge on any atom is -0.385 e. The number of imidazole rings is 1. The van der Waals surface area contributed by atoms with Crippen LogP contribution in [0.2, 0.25) is 0 Å². The molecule has 1 atom stereocenters. The van der Waals surface area contributed by atoms with Gasteiger partial charge in [-0.2, -0.15) is 0 Å². The normalized spacial score (nSPS) is 20.3. The molecule has 1 aromatic rings. The van der Waals surface area contributed by atoms with Crippen molar-refractivity contribution in [2.24, 2.45) is 5.92 Å². The third-order valence-electron chi connectivity index (χ3n) is 3.10. The summed E-state index contributed by atoms with van der Waals surface area (Å²) in [5.41, 5.74) is 2.68. The lowest BCUT2D eigenvalue weighted by atomic mass is 9.92. The molecule has 0 bridgehead atoms. The molecule has 1 unspecified atom stereocenters. The Bertz CT molecular complexity index is 319. The molecule has 0 aliphatic heterocycles. The molecular formula is C12H20N2O. The van der Waals surface area contributed by atoms with Crippen LogP contribution < -0.4 is 0 Å². The van der Waals surface area contributed by atoms with Crippen molar-refractivity contribution in [3.05, 3.63) is 17.2 Å². The number of rotatable bonds is 4. The topological polar surface area (TPSA) is 37.9 Å². The van der Waals surface area contributed by atoms with E-state index in [0.717, 1.165) is 37.6 Å². The Labute approximate surface area is 91.3 Å². The standard InChI is InChI=1S/C12H20N2O/c1-9-5-6-10-11(8-9)14-12(13-10)4-3-7-15-2/h9H,3-8H2,1-2H3,(H,13,14). The maximum absolute atomic E-state index is 5.04. The smallest absolute Gasteiger partial charge is 0.106 e. The van der Waals surface area contributed by atoms with Crippen LogP contribution >= 0.6 is 0 Å². The molecular weight excluding hydrogens is 188 g/mol. The van der Waals surface area contributed by atoms with Crippen molar-refractivity contribution in [1.82, 2.24) is 9.97 Å². The number of methoxy groups -OCH3 is 1. The van der Waals surface area contributed by atoms with Gasteiger partial charge in [-0.1, -0.05) is 6.92 Å². The summed E-state index contributed by atoms with van der Waals surface area (Å²) in [4.78, 5) is 8.10. The predicted molar refractivity (Wildman–Crippen MR) is 60.0 cm³/mol. The number of hydrogen-bond acceptors (Lipinski definition) is 2. The molecule has 1 aliphatic carbocycles. The molecule has 15 heavy (non-hydrogen) atoms. The summed E-state index contributed by atoms with van der Waals surface area (Å²) < 4.78 is 5.04. The summed E-state index contributed by atoms with van der Waals surface area (Å²) in [6.07, 6.45) is 5.67. The molecule has 1 heterocycles. The van der Waals surface area contributed by atoms with Gasteiger partial charge in [-0.05, 0) is 31.6 Å². The Morgan fingerprint density at radius 2 is 2.40 bits per heavy atom. The summed E-state index contributed by atoms with van der Waals surface area (Å²) in [6, 6.07) is 0. The predicted octanol–water partition coefficient (Wildman–Crippen LogP) is 2.11. The van der Waals surface area contributed by atoms with Crippen molar-refractivity contribution in [2.75, 3.05) is 13.7 Å². The molecule has 1 N–H and O–H groups in total. The van der Waals surface area contributed by atoms with Crippen LogP contribution in [0.3, 0.4) is 0 Å². The van der Waals surface area contributed by atoms with Crippen LogP contribution in [0.5, 0.6) is 0 Å². The molecule has 3 nitrogen and oxygen atoms in total. The van der Waals surface area contributed by atoms with Crippen molar-refractivity contribution in [3.8, 4) is 0 Å². The first-order chi connectivity index (χ1) is 7.29. The van der Waals surface area contributed by atoms with Crippen LogP contribution in [0.1, 0.15) is 37.0 Å². The first-order valence-electron chi connectivity index (χ1n) is 5.85. The van der Waals surface area contributed by atoms with Gasteiger partial charge in [0, 0.05) is 25.8 Å². The molecule has 0 amide bonds. The monoisotopic (exact) mass is 208 g/mol. The SMILES string of the molecule is COCCCc1nc2c([nH]1)CC(C)CC2. The zero-order valence-electron chi connectivity index (χ0n) is 9.68. The number of hydrogen-bond donors (Lipinski definition) is 1. The Morgan fingerprint density at radius 3 is 3.20 bits per heavy atom. The molecule has 0 saturated heterocycles. The first-order valence-corrected chi connectivity index (χ1v) is 5.85. The van der Waals surface area contributed by atoms with E-state index in [4.69, 9.17) is 4.74 Å². The molecule has 0 fully saturated rings. The fraction of sp³-hybridized carbons (Fsp3) is 0.750.